The van der Waals surface area contributed by atoms with E-state index in [0.717, 1.165) is 31.9 Å². The van der Waals surface area contributed by atoms with E-state index in [1.165, 1.54) is 24.0 Å². The van der Waals surface area contributed by atoms with Crippen molar-refractivity contribution >= 4 is 0 Å². The van der Waals surface area contributed by atoms with E-state index in [1.54, 1.807) is 0 Å². The molecule has 0 amide bonds. The number of rotatable bonds is 2. The highest BCUT2D eigenvalue weighted by Gasteiger charge is 2.23. The molecule has 0 saturated carbocycles. The second kappa shape index (κ2) is 4.67. The van der Waals surface area contributed by atoms with Gasteiger partial charge in [-0.3, -0.25) is 0 Å². The molecule has 2 unspecified atom stereocenters. The van der Waals surface area contributed by atoms with Crippen LogP contribution < -0.4 is 15.8 Å². The minimum Gasteiger partial charge on any atom is -0.493 e. The Bertz CT molecular complexity index is 399. The largest absolute Gasteiger partial charge is 0.493 e. The standard InChI is InChI=1S/C14H20N2O/c15-14(12-2-1-6-16-9-12)11-3-4-13-10(8-11)5-7-17-13/h3-4,8,12,14,16H,1-2,5-7,9,15H2. The zero-order chi connectivity index (χ0) is 11.7. The van der Waals surface area contributed by atoms with Gasteiger partial charge >= 0.3 is 0 Å². The molecule has 1 aromatic carbocycles. The van der Waals surface area contributed by atoms with Gasteiger partial charge in [-0.05, 0) is 49.0 Å². The summed E-state index contributed by atoms with van der Waals surface area (Å²) in [6.45, 7) is 3.01. The zero-order valence-corrected chi connectivity index (χ0v) is 10.1. The van der Waals surface area contributed by atoms with Crippen LogP contribution in [-0.4, -0.2) is 19.7 Å². The van der Waals surface area contributed by atoms with Crippen LogP contribution in [0.2, 0.25) is 0 Å². The molecule has 92 valence electrons. The molecule has 2 aliphatic heterocycles. The molecule has 1 aromatic rings. The van der Waals surface area contributed by atoms with Gasteiger partial charge in [-0.25, -0.2) is 0 Å². The number of piperidine rings is 1. The summed E-state index contributed by atoms with van der Waals surface area (Å²) in [6.07, 6.45) is 3.51. The monoisotopic (exact) mass is 232 g/mol. The minimum absolute atomic E-state index is 0.161. The molecular weight excluding hydrogens is 212 g/mol. The van der Waals surface area contributed by atoms with Crippen LogP contribution in [0.1, 0.15) is 30.0 Å². The van der Waals surface area contributed by atoms with Gasteiger partial charge < -0.3 is 15.8 Å². The van der Waals surface area contributed by atoms with E-state index in [4.69, 9.17) is 10.5 Å². The van der Waals surface area contributed by atoms with Crippen molar-refractivity contribution in [2.45, 2.75) is 25.3 Å². The first-order valence-electron chi connectivity index (χ1n) is 6.56. The molecule has 3 rings (SSSR count). The molecule has 0 radical (unpaired) electrons. The Labute approximate surface area is 102 Å². The van der Waals surface area contributed by atoms with Crippen LogP contribution in [0.5, 0.6) is 5.75 Å². The van der Waals surface area contributed by atoms with Crippen molar-refractivity contribution in [2.75, 3.05) is 19.7 Å². The van der Waals surface area contributed by atoms with Gasteiger partial charge in [0.05, 0.1) is 6.61 Å². The van der Waals surface area contributed by atoms with E-state index >= 15 is 0 Å². The minimum atomic E-state index is 0.161. The summed E-state index contributed by atoms with van der Waals surface area (Å²) in [5.74, 6) is 1.62. The molecule has 0 bridgehead atoms. The summed E-state index contributed by atoms with van der Waals surface area (Å²) in [4.78, 5) is 0. The molecule has 2 atom stereocenters. The summed E-state index contributed by atoms with van der Waals surface area (Å²) in [7, 11) is 0. The number of hydrogen-bond acceptors (Lipinski definition) is 3. The van der Waals surface area contributed by atoms with E-state index < -0.39 is 0 Å². The van der Waals surface area contributed by atoms with Gasteiger partial charge in [-0.2, -0.15) is 0 Å². The molecule has 3 N–H and O–H groups in total. The van der Waals surface area contributed by atoms with Gasteiger partial charge in [0.2, 0.25) is 0 Å². The molecule has 17 heavy (non-hydrogen) atoms. The highest BCUT2D eigenvalue weighted by Crippen LogP contribution is 2.31. The number of nitrogens with two attached hydrogens (primary N) is 1. The fraction of sp³-hybridized carbons (Fsp3) is 0.571. The second-order valence-electron chi connectivity index (χ2n) is 5.10. The Morgan fingerprint density at radius 2 is 2.35 bits per heavy atom. The van der Waals surface area contributed by atoms with Crippen LogP contribution in [0, 0.1) is 5.92 Å². The Kier molecular flexibility index (Phi) is 3.04. The summed E-state index contributed by atoms with van der Waals surface area (Å²) in [6, 6.07) is 6.60. The fourth-order valence-electron chi connectivity index (χ4n) is 2.87. The Balaban J connectivity index is 1.78. The number of ether oxygens (including phenoxy) is 1. The summed E-state index contributed by atoms with van der Waals surface area (Å²) >= 11 is 0. The normalized spacial score (nSPS) is 25.1. The zero-order valence-electron chi connectivity index (χ0n) is 10.1. The maximum Gasteiger partial charge on any atom is 0.122 e. The van der Waals surface area contributed by atoms with Gasteiger partial charge in [0.1, 0.15) is 5.75 Å². The van der Waals surface area contributed by atoms with E-state index in [2.05, 4.69) is 23.5 Å². The van der Waals surface area contributed by atoms with Gasteiger partial charge in [0.25, 0.3) is 0 Å². The highest BCUT2D eigenvalue weighted by atomic mass is 16.5. The Morgan fingerprint density at radius 1 is 1.41 bits per heavy atom. The topological polar surface area (TPSA) is 47.3 Å². The maximum atomic E-state index is 6.38. The number of fused-ring (bicyclic) bond motifs is 1. The molecular formula is C14H20N2O. The lowest BCUT2D eigenvalue weighted by molar-refractivity contribution is 0.326. The molecule has 1 saturated heterocycles. The molecule has 0 spiro atoms. The first kappa shape index (κ1) is 11.1. The third kappa shape index (κ3) is 2.17. The van der Waals surface area contributed by atoms with E-state index in [-0.39, 0.29) is 6.04 Å². The molecule has 2 aliphatic rings. The fourth-order valence-corrected chi connectivity index (χ4v) is 2.87. The maximum absolute atomic E-state index is 6.38. The summed E-state index contributed by atoms with van der Waals surface area (Å²) in [5.41, 5.74) is 8.97. The smallest absolute Gasteiger partial charge is 0.122 e. The van der Waals surface area contributed by atoms with Crippen molar-refractivity contribution in [2.24, 2.45) is 11.7 Å². The van der Waals surface area contributed by atoms with E-state index in [1.807, 2.05) is 0 Å². The van der Waals surface area contributed by atoms with Crippen molar-refractivity contribution < 1.29 is 4.74 Å². The van der Waals surface area contributed by atoms with Crippen molar-refractivity contribution in [3.8, 4) is 5.75 Å². The molecule has 1 fully saturated rings. The van der Waals surface area contributed by atoms with E-state index in [0.29, 0.717) is 5.92 Å². The Hall–Kier alpha value is -1.06. The number of benzene rings is 1. The van der Waals surface area contributed by atoms with Gasteiger partial charge in [0, 0.05) is 12.5 Å². The van der Waals surface area contributed by atoms with Crippen LogP contribution in [0.15, 0.2) is 18.2 Å². The molecule has 3 nitrogen and oxygen atoms in total. The van der Waals surface area contributed by atoms with Crippen molar-refractivity contribution in [1.82, 2.24) is 5.32 Å². The van der Waals surface area contributed by atoms with Crippen LogP contribution in [0.4, 0.5) is 0 Å². The van der Waals surface area contributed by atoms with Crippen molar-refractivity contribution in [3.63, 3.8) is 0 Å². The first-order valence-corrected chi connectivity index (χ1v) is 6.56. The third-order valence-corrected chi connectivity index (χ3v) is 3.94. The number of nitrogens with one attached hydrogen (secondary N) is 1. The average molecular weight is 232 g/mol. The molecule has 2 heterocycles. The van der Waals surface area contributed by atoms with Gasteiger partial charge in [0.15, 0.2) is 0 Å². The highest BCUT2D eigenvalue weighted by molar-refractivity contribution is 5.40. The quantitative estimate of drug-likeness (QED) is 0.814. The SMILES string of the molecule is NC(c1ccc2c(c1)CCO2)C1CCCNC1. The van der Waals surface area contributed by atoms with Crippen molar-refractivity contribution in [3.05, 3.63) is 29.3 Å². The lowest BCUT2D eigenvalue weighted by Gasteiger charge is -2.28. The predicted octanol–water partition coefficient (Wildman–Crippen LogP) is 1.62. The van der Waals surface area contributed by atoms with Crippen molar-refractivity contribution in [1.29, 1.82) is 0 Å². The average Bonchev–Trinajstić information content (AvgIpc) is 2.86. The molecule has 0 aliphatic carbocycles. The summed E-state index contributed by atoms with van der Waals surface area (Å²) < 4.78 is 5.53. The third-order valence-electron chi connectivity index (χ3n) is 3.94. The predicted molar refractivity (Wildman–Crippen MR) is 68.2 cm³/mol. The van der Waals surface area contributed by atoms with Gasteiger partial charge in [-0.1, -0.05) is 12.1 Å². The second-order valence-corrected chi connectivity index (χ2v) is 5.10. The molecule has 3 heteroatoms. The lowest BCUT2D eigenvalue weighted by Crippen LogP contribution is -2.36. The lowest BCUT2D eigenvalue weighted by atomic mass is 9.87. The van der Waals surface area contributed by atoms with Gasteiger partial charge in [-0.15, -0.1) is 0 Å². The molecule has 0 aromatic heterocycles. The Morgan fingerprint density at radius 3 is 3.18 bits per heavy atom. The first-order chi connectivity index (χ1) is 8.34. The van der Waals surface area contributed by atoms with E-state index in [9.17, 15) is 0 Å². The summed E-state index contributed by atoms with van der Waals surface area (Å²) in [5, 5.41) is 3.43. The van der Waals surface area contributed by atoms with Crippen LogP contribution in [0.25, 0.3) is 0 Å². The van der Waals surface area contributed by atoms with Crippen LogP contribution in [-0.2, 0) is 6.42 Å². The number of hydrogen-bond donors (Lipinski definition) is 2. The van der Waals surface area contributed by atoms with Crippen LogP contribution >= 0.6 is 0 Å². The van der Waals surface area contributed by atoms with Crippen LogP contribution in [0.3, 0.4) is 0 Å².